The van der Waals surface area contributed by atoms with Gasteiger partial charge in [0.25, 0.3) is 0 Å². The lowest BCUT2D eigenvalue weighted by atomic mass is 9.68. The predicted molar refractivity (Wildman–Crippen MR) is 134 cm³/mol. The highest BCUT2D eigenvalue weighted by Crippen LogP contribution is 2.49. The maximum atomic E-state index is 13.6. The van der Waals surface area contributed by atoms with Crippen molar-refractivity contribution in [2.24, 2.45) is 5.92 Å². The summed E-state index contributed by atoms with van der Waals surface area (Å²) in [5, 5.41) is 6.61. The van der Waals surface area contributed by atoms with Crippen LogP contribution in [0.2, 0.25) is 0 Å². The van der Waals surface area contributed by atoms with Gasteiger partial charge in [-0.05, 0) is 71.0 Å². The number of aryl methyl sites for hydroxylation is 1. The van der Waals surface area contributed by atoms with Crippen molar-refractivity contribution >= 4 is 17.8 Å². The second kappa shape index (κ2) is 9.30. The van der Waals surface area contributed by atoms with Gasteiger partial charge < -0.3 is 19.6 Å². The Kier molecular flexibility index (Phi) is 6.34. The summed E-state index contributed by atoms with van der Waals surface area (Å²) in [6, 6.07) is 12.4. The van der Waals surface area contributed by atoms with E-state index in [2.05, 4.69) is 64.7 Å². The molecule has 5 rings (SSSR count). The van der Waals surface area contributed by atoms with Gasteiger partial charge in [0.15, 0.2) is 5.82 Å². The maximum Gasteiger partial charge on any atom is 0.321 e. The van der Waals surface area contributed by atoms with E-state index in [1.54, 1.807) is 17.9 Å². The topological polar surface area (TPSA) is 81.9 Å². The molecular formula is C27H37N5O3. The summed E-state index contributed by atoms with van der Waals surface area (Å²) >= 11 is 0. The van der Waals surface area contributed by atoms with Crippen LogP contribution in [0.15, 0.2) is 40.9 Å². The molecule has 0 bridgehead atoms. The zero-order chi connectivity index (χ0) is 24.6. The van der Waals surface area contributed by atoms with Gasteiger partial charge in [-0.3, -0.25) is 9.69 Å². The van der Waals surface area contributed by atoms with Gasteiger partial charge in [-0.15, -0.1) is 0 Å². The molecule has 188 valence electrons. The highest BCUT2D eigenvalue weighted by atomic mass is 16.5. The Labute approximate surface area is 207 Å². The minimum absolute atomic E-state index is 0.000414. The molecule has 1 aromatic heterocycles. The molecule has 1 saturated heterocycles. The zero-order valence-electron chi connectivity index (χ0n) is 21.1. The molecule has 35 heavy (non-hydrogen) atoms. The molecule has 1 spiro atoms. The molecule has 3 fully saturated rings. The number of aromatic nitrogens is 1. The number of nitrogens with one attached hydrogen (secondary N) is 1. The number of hydrogen-bond acceptors (Lipinski definition) is 5. The summed E-state index contributed by atoms with van der Waals surface area (Å²) in [6.45, 7) is 3.22. The SMILES string of the molecule is Cc1cc(NC(=O)CN2CC3(CCC(c4ccccc4)(N(C)C)CC3)N(CC3CCC3)C2=O)no1. The van der Waals surface area contributed by atoms with Crippen molar-refractivity contribution in [3.8, 4) is 0 Å². The van der Waals surface area contributed by atoms with Crippen molar-refractivity contribution in [1.29, 1.82) is 0 Å². The fourth-order valence-electron chi connectivity index (χ4n) is 6.29. The van der Waals surface area contributed by atoms with Gasteiger partial charge >= 0.3 is 6.03 Å². The average Bonchev–Trinajstić information content (AvgIpc) is 3.32. The van der Waals surface area contributed by atoms with Gasteiger partial charge in [0.05, 0.1) is 5.54 Å². The molecule has 2 saturated carbocycles. The summed E-state index contributed by atoms with van der Waals surface area (Å²) < 4.78 is 5.04. The number of carbonyl (C=O) groups is 2. The maximum absolute atomic E-state index is 13.6. The lowest BCUT2D eigenvalue weighted by Crippen LogP contribution is -2.56. The first-order valence-corrected chi connectivity index (χ1v) is 12.8. The Morgan fingerprint density at radius 2 is 1.89 bits per heavy atom. The highest BCUT2D eigenvalue weighted by molar-refractivity contribution is 5.94. The molecule has 0 atom stereocenters. The van der Waals surface area contributed by atoms with Gasteiger partial charge in [-0.25, -0.2) is 4.79 Å². The van der Waals surface area contributed by atoms with E-state index in [1.165, 1.54) is 24.8 Å². The zero-order valence-corrected chi connectivity index (χ0v) is 21.1. The van der Waals surface area contributed by atoms with Crippen molar-refractivity contribution in [2.45, 2.75) is 62.9 Å². The standard InChI is InChI=1S/C27H37N5O3/c1-20-16-23(29-35-20)28-24(33)18-31-19-26(32(25(31)34)17-21-8-7-9-21)12-14-27(15-13-26,30(2)3)22-10-5-4-6-11-22/h4-6,10-11,16,21H,7-9,12-15,17-19H2,1-3H3,(H,28,29,33). The second-order valence-corrected chi connectivity index (χ2v) is 10.9. The highest BCUT2D eigenvalue weighted by Gasteiger charge is 2.55. The van der Waals surface area contributed by atoms with Gasteiger partial charge in [-0.1, -0.05) is 41.9 Å². The number of anilines is 1. The van der Waals surface area contributed by atoms with E-state index in [0.29, 0.717) is 24.0 Å². The van der Waals surface area contributed by atoms with E-state index in [9.17, 15) is 9.59 Å². The first-order chi connectivity index (χ1) is 16.8. The lowest BCUT2D eigenvalue weighted by Gasteiger charge is -2.51. The van der Waals surface area contributed by atoms with Crippen molar-refractivity contribution in [2.75, 3.05) is 39.0 Å². The van der Waals surface area contributed by atoms with Crippen LogP contribution in [0.3, 0.4) is 0 Å². The monoisotopic (exact) mass is 479 g/mol. The molecule has 1 aromatic carbocycles. The second-order valence-electron chi connectivity index (χ2n) is 10.9. The van der Waals surface area contributed by atoms with Crippen LogP contribution in [0, 0.1) is 12.8 Å². The van der Waals surface area contributed by atoms with Gasteiger partial charge in [0, 0.05) is 24.7 Å². The fraction of sp³-hybridized carbons (Fsp3) is 0.593. The van der Waals surface area contributed by atoms with Crippen LogP contribution in [-0.2, 0) is 10.3 Å². The van der Waals surface area contributed by atoms with Gasteiger partial charge in [0.1, 0.15) is 12.3 Å². The molecule has 1 N–H and O–H groups in total. The fourth-order valence-corrected chi connectivity index (χ4v) is 6.29. The van der Waals surface area contributed by atoms with Crippen molar-refractivity contribution < 1.29 is 14.1 Å². The minimum atomic E-state index is -0.241. The Balaban J connectivity index is 1.34. The number of urea groups is 1. The number of hydrogen-bond donors (Lipinski definition) is 1. The van der Waals surface area contributed by atoms with Gasteiger partial charge in [0.2, 0.25) is 5.91 Å². The van der Waals surface area contributed by atoms with Crippen LogP contribution in [0.25, 0.3) is 0 Å². The number of nitrogens with zero attached hydrogens (tertiary/aromatic N) is 4. The summed E-state index contributed by atoms with van der Waals surface area (Å²) in [4.78, 5) is 32.6. The van der Waals surface area contributed by atoms with Crippen molar-refractivity contribution in [1.82, 2.24) is 19.9 Å². The van der Waals surface area contributed by atoms with Crippen LogP contribution in [0.4, 0.5) is 10.6 Å². The Bertz CT molecular complexity index is 1050. The minimum Gasteiger partial charge on any atom is -0.360 e. The molecule has 8 nitrogen and oxygen atoms in total. The van der Waals surface area contributed by atoms with E-state index >= 15 is 0 Å². The first-order valence-electron chi connectivity index (χ1n) is 12.8. The molecule has 0 radical (unpaired) electrons. The van der Waals surface area contributed by atoms with E-state index in [0.717, 1.165) is 32.2 Å². The largest absolute Gasteiger partial charge is 0.360 e. The number of rotatable bonds is 7. The van der Waals surface area contributed by atoms with E-state index in [1.807, 2.05) is 0 Å². The van der Waals surface area contributed by atoms with E-state index < -0.39 is 0 Å². The summed E-state index contributed by atoms with van der Waals surface area (Å²) in [7, 11) is 4.33. The number of carbonyl (C=O) groups excluding carboxylic acids is 2. The van der Waals surface area contributed by atoms with Crippen LogP contribution in [0.5, 0.6) is 0 Å². The van der Waals surface area contributed by atoms with E-state index in [-0.39, 0.29) is 29.6 Å². The van der Waals surface area contributed by atoms with Crippen LogP contribution >= 0.6 is 0 Å². The quantitative estimate of drug-likeness (QED) is 0.643. The first kappa shape index (κ1) is 23.9. The van der Waals surface area contributed by atoms with Crippen molar-refractivity contribution in [3.05, 3.63) is 47.7 Å². The normalized spacial score (nSPS) is 27.0. The molecule has 3 amide bonds. The Morgan fingerprint density at radius 3 is 2.46 bits per heavy atom. The molecular weight excluding hydrogens is 442 g/mol. The average molecular weight is 480 g/mol. The number of amides is 3. The Morgan fingerprint density at radius 1 is 1.17 bits per heavy atom. The summed E-state index contributed by atoms with van der Waals surface area (Å²) in [5.41, 5.74) is 1.09. The molecule has 1 aliphatic heterocycles. The Hall–Kier alpha value is -2.87. The lowest BCUT2D eigenvalue weighted by molar-refractivity contribution is -0.116. The third kappa shape index (κ3) is 4.44. The molecule has 8 heteroatoms. The van der Waals surface area contributed by atoms with Crippen LogP contribution < -0.4 is 5.32 Å². The third-order valence-corrected chi connectivity index (χ3v) is 8.63. The molecule has 2 aromatic rings. The van der Waals surface area contributed by atoms with Crippen LogP contribution in [-0.4, -0.2) is 71.1 Å². The van der Waals surface area contributed by atoms with E-state index in [4.69, 9.17) is 4.52 Å². The van der Waals surface area contributed by atoms with Gasteiger partial charge in [-0.2, -0.15) is 0 Å². The number of benzene rings is 1. The summed E-state index contributed by atoms with van der Waals surface area (Å²) in [6.07, 6.45) is 7.46. The third-order valence-electron chi connectivity index (χ3n) is 8.63. The summed E-state index contributed by atoms with van der Waals surface area (Å²) in [5.74, 6) is 1.36. The van der Waals surface area contributed by atoms with Crippen molar-refractivity contribution in [3.63, 3.8) is 0 Å². The van der Waals surface area contributed by atoms with Crippen LogP contribution in [0.1, 0.15) is 56.3 Å². The smallest absolute Gasteiger partial charge is 0.321 e. The molecule has 2 aliphatic carbocycles. The predicted octanol–water partition coefficient (Wildman–Crippen LogP) is 4.23. The molecule has 2 heterocycles. The molecule has 0 unspecified atom stereocenters. The molecule has 3 aliphatic rings.